The second-order valence-corrected chi connectivity index (χ2v) is 4.34. The molecule has 4 heteroatoms. The van der Waals surface area contributed by atoms with Gasteiger partial charge in [0, 0.05) is 11.1 Å². The van der Waals surface area contributed by atoms with Gasteiger partial charge in [-0.25, -0.2) is 9.97 Å². The van der Waals surface area contributed by atoms with Gasteiger partial charge in [-0.15, -0.1) is 0 Å². The maximum Gasteiger partial charge on any atom is 0.162 e. The molecule has 0 aliphatic heterocycles. The molecule has 0 amide bonds. The number of benzene rings is 1. The van der Waals surface area contributed by atoms with Crippen molar-refractivity contribution in [3.8, 4) is 11.4 Å². The summed E-state index contributed by atoms with van der Waals surface area (Å²) in [6.07, 6.45) is 0. The molecule has 0 aliphatic rings. The van der Waals surface area contributed by atoms with E-state index in [-0.39, 0.29) is 0 Å². The Hall–Kier alpha value is -1.12. The van der Waals surface area contributed by atoms with Gasteiger partial charge in [-0.1, -0.05) is 47.0 Å². The van der Waals surface area contributed by atoms with Crippen LogP contribution in [0.2, 0.25) is 10.3 Å². The molecule has 0 radical (unpaired) electrons. The fourth-order valence-corrected chi connectivity index (χ4v) is 1.76. The molecule has 16 heavy (non-hydrogen) atoms. The second-order valence-electron chi connectivity index (χ2n) is 3.62. The first kappa shape index (κ1) is 11.4. The summed E-state index contributed by atoms with van der Waals surface area (Å²) in [6.45, 7) is 3.81. The van der Waals surface area contributed by atoms with Crippen LogP contribution in [0.4, 0.5) is 0 Å². The first-order valence-corrected chi connectivity index (χ1v) is 5.60. The van der Waals surface area contributed by atoms with Crippen LogP contribution in [-0.2, 0) is 0 Å². The highest BCUT2D eigenvalue weighted by atomic mass is 35.5. The fourth-order valence-electron chi connectivity index (χ4n) is 1.38. The molecular formula is C12H10Cl2N2. The summed E-state index contributed by atoms with van der Waals surface area (Å²) in [4.78, 5) is 8.43. The molecule has 0 unspecified atom stereocenters. The number of aromatic nitrogens is 2. The molecule has 0 atom stereocenters. The van der Waals surface area contributed by atoms with Crippen LogP contribution in [-0.4, -0.2) is 9.97 Å². The van der Waals surface area contributed by atoms with Crippen LogP contribution in [0.25, 0.3) is 11.4 Å². The molecule has 1 aromatic heterocycles. The van der Waals surface area contributed by atoms with E-state index >= 15 is 0 Å². The van der Waals surface area contributed by atoms with Crippen LogP contribution in [0, 0.1) is 13.8 Å². The van der Waals surface area contributed by atoms with E-state index in [4.69, 9.17) is 23.2 Å². The van der Waals surface area contributed by atoms with Gasteiger partial charge in [0.25, 0.3) is 0 Å². The van der Waals surface area contributed by atoms with Crippen LogP contribution >= 0.6 is 23.2 Å². The summed E-state index contributed by atoms with van der Waals surface area (Å²) in [7, 11) is 0. The van der Waals surface area contributed by atoms with Gasteiger partial charge >= 0.3 is 0 Å². The Morgan fingerprint density at radius 2 is 1.62 bits per heavy atom. The second kappa shape index (κ2) is 4.40. The maximum atomic E-state index is 5.97. The molecule has 82 valence electrons. The molecule has 1 aromatic carbocycles. The highest BCUT2D eigenvalue weighted by Crippen LogP contribution is 2.24. The van der Waals surface area contributed by atoms with Gasteiger partial charge in [-0.3, -0.25) is 0 Å². The molecule has 2 rings (SSSR count). The SMILES string of the molecule is Cc1cccc(-c2nc(Cl)c(C)c(Cl)n2)c1. The lowest BCUT2D eigenvalue weighted by molar-refractivity contribution is 1.14. The zero-order valence-electron chi connectivity index (χ0n) is 8.96. The molecule has 0 aliphatic carbocycles. The lowest BCUT2D eigenvalue weighted by atomic mass is 10.1. The summed E-state index contributed by atoms with van der Waals surface area (Å²) in [5.74, 6) is 0.560. The van der Waals surface area contributed by atoms with Gasteiger partial charge in [0.2, 0.25) is 0 Å². The minimum absolute atomic E-state index is 0.400. The predicted octanol–water partition coefficient (Wildman–Crippen LogP) is 4.07. The van der Waals surface area contributed by atoms with Crippen molar-refractivity contribution in [3.63, 3.8) is 0 Å². The minimum Gasteiger partial charge on any atom is -0.216 e. The van der Waals surface area contributed by atoms with Gasteiger partial charge in [-0.05, 0) is 19.9 Å². The molecule has 0 saturated carbocycles. The van der Waals surface area contributed by atoms with Crippen LogP contribution in [0.1, 0.15) is 11.1 Å². The molecule has 0 saturated heterocycles. The quantitative estimate of drug-likeness (QED) is 0.716. The molecular weight excluding hydrogens is 243 g/mol. The number of halogens is 2. The average Bonchev–Trinajstić information content (AvgIpc) is 2.25. The highest BCUT2D eigenvalue weighted by Gasteiger charge is 2.08. The van der Waals surface area contributed by atoms with E-state index in [2.05, 4.69) is 9.97 Å². The summed E-state index contributed by atoms with van der Waals surface area (Å²) in [5, 5.41) is 0.799. The van der Waals surface area contributed by atoms with E-state index < -0.39 is 0 Å². The van der Waals surface area contributed by atoms with Crippen LogP contribution in [0.15, 0.2) is 24.3 Å². The molecule has 0 bridgehead atoms. The average molecular weight is 253 g/mol. The third kappa shape index (κ3) is 2.18. The van der Waals surface area contributed by atoms with E-state index in [1.54, 1.807) is 6.92 Å². The number of hydrogen-bond donors (Lipinski definition) is 0. The van der Waals surface area contributed by atoms with Crippen LogP contribution in [0.5, 0.6) is 0 Å². The van der Waals surface area contributed by atoms with Crippen molar-refractivity contribution < 1.29 is 0 Å². The first-order valence-electron chi connectivity index (χ1n) is 4.84. The first-order chi connectivity index (χ1) is 7.58. The molecule has 0 spiro atoms. The van der Waals surface area contributed by atoms with Crippen LogP contribution < -0.4 is 0 Å². The van der Waals surface area contributed by atoms with Crippen molar-refractivity contribution in [1.29, 1.82) is 0 Å². The van der Waals surface area contributed by atoms with Gasteiger partial charge in [-0.2, -0.15) is 0 Å². The zero-order valence-corrected chi connectivity index (χ0v) is 10.5. The largest absolute Gasteiger partial charge is 0.216 e. The summed E-state index contributed by atoms with van der Waals surface area (Å²) in [5.41, 5.74) is 2.78. The maximum absolute atomic E-state index is 5.97. The summed E-state index contributed by atoms with van der Waals surface area (Å²) in [6, 6.07) is 7.90. The standard InChI is InChI=1S/C12H10Cl2N2/c1-7-4-3-5-9(6-7)12-15-10(13)8(2)11(14)16-12/h3-6H,1-2H3. The van der Waals surface area contributed by atoms with E-state index in [1.807, 2.05) is 31.2 Å². The van der Waals surface area contributed by atoms with Gasteiger partial charge in [0.1, 0.15) is 10.3 Å². The van der Waals surface area contributed by atoms with E-state index in [0.717, 1.165) is 11.1 Å². The lowest BCUT2D eigenvalue weighted by Gasteiger charge is -2.05. The Morgan fingerprint density at radius 3 is 2.19 bits per heavy atom. The van der Waals surface area contributed by atoms with Crippen molar-refractivity contribution in [3.05, 3.63) is 45.7 Å². The van der Waals surface area contributed by atoms with Crippen LogP contribution in [0.3, 0.4) is 0 Å². The molecule has 0 N–H and O–H groups in total. The summed E-state index contributed by atoms with van der Waals surface area (Å²) < 4.78 is 0. The third-order valence-corrected chi connectivity index (χ3v) is 3.04. The smallest absolute Gasteiger partial charge is 0.162 e. The Kier molecular flexibility index (Phi) is 3.13. The van der Waals surface area contributed by atoms with Crippen molar-refractivity contribution in [2.24, 2.45) is 0 Å². The third-order valence-electron chi connectivity index (χ3n) is 2.30. The number of rotatable bonds is 1. The molecule has 2 aromatic rings. The Balaban J connectivity index is 2.57. The van der Waals surface area contributed by atoms with E-state index in [9.17, 15) is 0 Å². The van der Waals surface area contributed by atoms with Crippen molar-refractivity contribution in [2.45, 2.75) is 13.8 Å². The van der Waals surface area contributed by atoms with Crippen molar-refractivity contribution in [2.75, 3.05) is 0 Å². The Morgan fingerprint density at radius 1 is 1.00 bits per heavy atom. The van der Waals surface area contributed by atoms with E-state index in [1.165, 1.54) is 0 Å². The molecule has 2 nitrogen and oxygen atoms in total. The number of hydrogen-bond acceptors (Lipinski definition) is 2. The summed E-state index contributed by atoms with van der Waals surface area (Å²) >= 11 is 11.9. The van der Waals surface area contributed by atoms with Crippen molar-refractivity contribution >= 4 is 23.2 Å². The van der Waals surface area contributed by atoms with Gasteiger partial charge in [0.15, 0.2) is 5.82 Å². The molecule has 0 fully saturated rings. The fraction of sp³-hybridized carbons (Fsp3) is 0.167. The van der Waals surface area contributed by atoms with Gasteiger partial charge < -0.3 is 0 Å². The van der Waals surface area contributed by atoms with Crippen molar-refractivity contribution in [1.82, 2.24) is 9.97 Å². The lowest BCUT2D eigenvalue weighted by Crippen LogP contribution is -1.94. The van der Waals surface area contributed by atoms with E-state index in [0.29, 0.717) is 21.7 Å². The number of nitrogens with zero attached hydrogens (tertiary/aromatic N) is 2. The Bertz CT molecular complexity index is 515. The molecule has 1 heterocycles. The topological polar surface area (TPSA) is 25.8 Å². The zero-order chi connectivity index (χ0) is 11.7. The Labute approximate surface area is 104 Å². The highest BCUT2D eigenvalue weighted by molar-refractivity contribution is 6.34. The monoisotopic (exact) mass is 252 g/mol. The number of aryl methyl sites for hydroxylation is 1. The predicted molar refractivity (Wildman–Crippen MR) is 67.0 cm³/mol. The van der Waals surface area contributed by atoms with Gasteiger partial charge in [0.05, 0.1) is 0 Å². The normalized spacial score (nSPS) is 10.5. The minimum atomic E-state index is 0.400.